The normalized spacial score (nSPS) is 20.1. The van der Waals surface area contributed by atoms with Gasteiger partial charge < -0.3 is 10.4 Å². The molecule has 96 valence electrons. The van der Waals surface area contributed by atoms with E-state index in [4.69, 9.17) is 0 Å². The molecule has 0 unspecified atom stereocenters. The first-order valence-electron chi connectivity index (χ1n) is 5.87. The number of hydrogen-bond donors (Lipinski definition) is 3. The molecule has 0 amide bonds. The van der Waals surface area contributed by atoms with Crippen LogP contribution in [0, 0.1) is 0 Å². The van der Waals surface area contributed by atoms with E-state index in [1.54, 1.807) is 6.92 Å². The SMILES string of the molecule is CCS(=O)(=O)NCCNC1(CO)CCCC1. The molecule has 0 bridgehead atoms. The van der Waals surface area contributed by atoms with Gasteiger partial charge in [-0.3, -0.25) is 0 Å². The molecule has 1 aliphatic rings. The Morgan fingerprint density at radius 2 is 1.88 bits per heavy atom. The maximum Gasteiger partial charge on any atom is 0.211 e. The molecule has 0 spiro atoms. The summed E-state index contributed by atoms with van der Waals surface area (Å²) in [6, 6.07) is 0. The van der Waals surface area contributed by atoms with Crippen molar-refractivity contribution in [2.75, 3.05) is 25.4 Å². The van der Waals surface area contributed by atoms with E-state index in [2.05, 4.69) is 10.0 Å². The number of sulfonamides is 1. The zero-order valence-corrected chi connectivity index (χ0v) is 10.6. The molecule has 16 heavy (non-hydrogen) atoms. The minimum absolute atomic E-state index is 0.109. The van der Waals surface area contributed by atoms with Gasteiger partial charge in [-0.25, -0.2) is 13.1 Å². The zero-order valence-electron chi connectivity index (χ0n) is 9.83. The summed E-state index contributed by atoms with van der Waals surface area (Å²) in [6.07, 6.45) is 4.22. The lowest BCUT2D eigenvalue weighted by Crippen LogP contribution is -2.48. The number of aliphatic hydroxyl groups is 1. The fourth-order valence-electron chi connectivity index (χ4n) is 2.08. The molecule has 1 rings (SSSR count). The monoisotopic (exact) mass is 250 g/mol. The van der Waals surface area contributed by atoms with Crippen LogP contribution in [0.5, 0.6) is 0 Å². The summed E-state index contributed by atoms with van der Waals surface area (Å²) < 4.78 is 24.8. The molecule has 0 saturated heterocycles. The van der Waals surface area contributed by atoms with Crippen LogP contribution >= 0.6 is 0 Å². The van der Waals surface area contributed by atoms with Crippen molar-refractivity contribution in [2.24, 2.45) is 0 Å². The van der Waals surface area contributed by atoms with Crippen molar-refractivity contribution in [3.8, 4) is 0 Å². The highest BCUT2D eigenvalue weighted by molar-refractivity contribution is 7.89. The predicted molar refractivity (Wildman–Crippen MR) is 63.8 cm³/mol. The van der Waals surface area contributed by atoms with E-state index in [9.17, 15) is 13.5 Å². The third kappa shape index (κ3) is 4.01. The second-order valence-electron chi connectivity index (χ2n) is 4.37. The Morgan fingerprint density at radius 1 is 1.25 bits per heavy atom. The van der Waals surface area contributed by atoms with E-state index in [0.29, 0.717) is 13.1 Å². The van der Waals surface area contributed by atoms with Gasteiger partial charge in [-0.05, 0) is 19.8 Å². The highest BCUT2D eigenvalue weighted by Crippen LogP contribution is 2.28. The van der Waals surface area contributed by atoms with Gasteiger partial charge in [0.15, 0.2) is 0 Å². The van der Waals surface area contributed by atoms with E-state index < -0.39 is 10.0 Å². The largest absolute Gasteiger partial charge is 0.394 e. The molecule has 0 aliphatic heterocycles. The molecular weight excluding hydrogens is 228 g/mol. The first-order valence-corrected chi connectivity index (χ1v) is 7.52. The van der Waals surface area contributed by atoms with Gasteiger partial charge in [0.1, 0.15) is 0 Å². The maximum absolute atomic E-state index is 11.2. The summed E-state index contributed by atoms with van der Waals surface area (Å²) in [5, 5.41) is 12.6. The average molecular weight is 250 g/mol. The molecule has 1 aliphatic carbocycles. The third-order valence-corrected chi connectivity index (χ3v) is 4.59. The van der Waals surface area contributed by atoms with Gasteiger partial charge >= 0.3 is 0 Å². The van der Waals surface area contributed by atoms with E-state index in [0.717, 1.165) is 25.7 Å². The lowest BCUT2D eigenvalue weighted by atomic mass is 9.99. The van der Waals surface area contributed by atoms with Gasteiger partial charge in [0, 0.05) is 18.6 Å². The number of aliphatic hydroxyl groups excluding tert-OH is 1. The van der Waals surface area contributed by atoms with E-state index in [1.807, 2.05) is 0 Å². The van der Waals surface area contributed by atoms with E-state index in [1.165, 1.54) is 0 Å². The Kier molecular flexibility index (Phi) is 5.17. The zero-order chi connectivity index (χ0) is 12.1. The fourth-order valence-corrected chi connectivity index (χ4v) is 2.70. The highest BCUT2D eigenvalue weighted by Gasteiger charge is 2.32. The second kappa shape index (κ2) is 5.95. The van der Waals surface area contributed by atoms with Gasteiger partial charge in [0.25, 0.3) is 0 Å². The molecule has 0 atom stereocenters. The average Bonchev–Trinajstić information content (AvgIpc) is 2.74. The van der Waals surface area contributed by atoms with Crippen LogP contribution in [-0.4, -0.2) is 44.5 Å². The van der Waals surface area contributed by atoms with Crippen molar-refractivity contribution in [3.63, 3.8) is 0 Å². The minimum Gasteiger partial charge on any atom is -0.394 e. The van der Waals surface area contributed by atoms with Crippen molar-refractivity contribution in [1.82, 2.24) is 10.0 Å². The smallest absolute Gasteiger partial charge is 0.211 e. The lowest BCUT2D eigenvalue weighted by Gasteiger charge is -2.28. The van der Waals surface area contributed by atoms with Crippen LogP contribution in [0.4, 0.5) is 0 Å². The number of hydrogen-bond acceptors (Lipinski definition) is 4. The summed E-state index contributed by atoms with van der Waals surface area (Å²) in [7, 11) is -3.09. The summed E-state index contributed by atoms with van der Waals surface area (Å²) in [5.74, 6) is 0.109. The van der Waals surface area contributed by atoms with Gasteiger partial charge in [-0.15, -0.1) is 0 Å². The quantitative estimate of drug-likeness (QED) is 0.548. The molecule has 1 saturated carbocycles. The molecule has 0 aromatic heterocycles. The molecule has 6 heteroatoms. The molecule has 3 N–H and O–H groups in total. The van der Waals surface area contributed by atoms with Crippen LogP contribution in [0.2, 0.25) is 0 Å². The van der Waals surface area contributed by atoms with Gasteiger partial charge in [-0.2, -0.15) is 0 Å². The first-order chi connectivity index (χ1) is 7.54. The molecule has 1 fully saturated rings. The molecule has 0 radical (unpaired) electrons. The summed E-state index contributed by atoms with van der Waals surface area (Å²) in [4.78, 5) is 0. The van der Waals surface area contributed by atoms with Crippen molar-refractivity contribution in [3.05, 3.63) is 0 Å². The Balaban J connectivity index is 2.24. The van der Waals surface area contributed by atoms with Crippen LogP contribution in [0.15, 0.2) is 0 Å². The lowest BCUT2D eigenvalue weighted by molar-refractivity contribution is 0.165. The van der Waals surface area contributed by atoms with Crippen molar-refractivity contribution in [2.45, 2.75) is 38.1 Å². The first kappa shape index (κ1) is 13.9. The Bertz CT molecular complexity index is 297. The summed E-state index contributed by atoms with van der Waals surface area (Å²) in [5.41, 5.74) is -0.169. The van der Waals surface area contributed by atoms with E-state index >= 15 is 0 Å². The van der Waals surface area contributed by atoms with Gasteiger partial charge in [-0.1, -0.05) is 12.8 Å². The Hall–Kier alpha value is -0.170. The van der Waals surface area contributed by atoms with Crippen molar-refractivity contribution >= 4 is 10.0 Å². The van der Waals surface area contributed by atoms with Crippen LogP contribution in [0.25, 0.3) is 0 Å². The topological polar surface area (TPSA) is 78.4 Å². The third-order valence-electron chi connectivity index (χ3n) is 3.19. The highest BCUT2D eigenvalue weighted by atomic mass is 32.2. The standard InChI is InChI=1S/C10H22N2O3S/c1-2-16(14,15)12-8-7-11-10(9-13)5-3-4-6-10/h11-13H,2-9H2,1H3. The Morgan fingerprint density at radius 3 is 2.38 bits per heavy atom. The van der Waals surface area contributed by atoms with E-state index in [-0.39, 0.29) is 17.9 Å². The van der Waals surface area contributed by atoms with Crippen LogP contribution in [0.1, 0.15) is 32.6 Å². The summed E-state index contributed by atoms with van der Waals surface area (Å²) in [6.45, 7) is 2.70. The molecule has 5 nitrogen and oxygen atoms in total. The molecule has 0 aromatic carbocycles. The Labute approximate surface area is 97.7 Å². The predicted octanol–water partition coefficient (Wildman–Crippen LogP) is -0.180. The molecule has 0 heterocycles. The van der Waals surface area contributed by atoms with Crippen molar-refractivity contribution in [1.29, 1.82) is 0 Å². The minimum atomic E-state index is -3.09. The maximum atomic E-state index is 11.2. The van der Waals surface area contributed by atoms with Crippen LogP contribution in [0.3, 0.4) is 0 Å². The number of rotatable bonds is 7. The second-order valence-corrected chi connectivity index (χ2v) is 6.47. The van der Waals surface area contributed by atoms with Crippen LogP contribution < -0.4 is 10.0 Å². The summed E-state index contributed by atoms with van der Waals surface area (Å²) >= 11 is 0. The molecule has 0 aromatic rings. The van der Waals surface area contributed by atoms with Gasteiger partial charge in [0.05, 0.1) is 12.4 Å². The van der Waals surface area contributed by atoms with Crippen molar-refractivity contribution < 1.29 is 13.5 Å². The fraction of sp³-hybridized carbons (Fsp3) is 1.00. The molecular formula is C10H22N2O3S. The van der Waals surface area contributed by atoms with Gasteiger partial charge in [0.2, 0.25) is 10.0 Å². The number of nitrogens with one attached hydrogen (secondary N) is 2. The van der Waals surface area contributed by atoms with Crippen LogP contribution in [-0.2, 0) is 10.0 Å².